The fourth-order valence-electron chi connectivity index (χ4n) is 2.21. The van der Waals surface area contributed by atoms with Crippen molar-refractivity contribution in [3.05, 3.63) is 0 Å². The fraction of sp³-hybridized carbons (Fsp3) is 1.00. The summed E-state index contributed by atoms with van der Waals surface area (Å²) in [6.45, 7) is 14.6. The van der Waals surface area contributed by atoms with Crippen LogP contribution in [-0.2, 0) is 13.2 Å². The Morgan fingerprint density at radius 1 is 0.842 bits per heavy atom. The molecule has 0 unspecified atom stereocenters. The van der Waals surface area contributed by atoms with E-state index >= 15 is 0 Å². The van der Waals surface area contributed by atoms with Gasteiger partial charge in [0.05, 0.1) is 0 Å². The molecule has 120 valence electrons. The van der Waals surface area contributed by atoms with Crippen molar-refractivity contribution in [2.75, 3.05) is 45.6 Å². The molecule has 0 saturated heterocycles. The van der Waals surface area contributed by atoms with Gasteiger partial charge in [-0.2, -0.15) is 0 Å². The molecule has 0 N–H and O–H groups in total. The van der Waals surface area contributed by atoms with Gasteiger partial charge in [0.25, 0.3) is 0 Å². The van der Waals surface area contributed by atoms with Gasteiger partial charge < -0.3 is 0 Å². The van der Waals surface area contributed by atoms with Crippen molar-refractivity contribution in [2.45, 2.75) is 39.5 Å². The van der Waals surface area contributed by atoms with Crippen LogP contribution in [0.1, 0.15) is 39.5 Å². The maximum absolute atomic E-state index is 12.6. The van der Waals surface area contributed by atoms with Crippen molar-refractivity contribution in [1.29, 1.82) is 0 Å². The Kier molecular flexibility index (Phi) is 8.90. The Morgan fingerprint density at radius 3 is 1.42 bits per heavy atom. The summed E-state index contributed by atoms with van der Waals surface area (Å²) >= 11 is 0. The number of hydrogen-bond donors (Lipinski definition) is 0. The van der Waals surface area contributed by atoms with Crippen LogP contribution in [0.25, 0.3) is 0 Å². The number of hydrogen-bond acceptors (Lipinski definition) is 3. The van der Waals surface area contributed by atoms with Crippen molar-refractivity contribution in [1.82, 2.24) is 0 Å². The normalized spacial score (nSPS) is 18.1. The molecule has 0 radical (unpaired) electrons. The van der Waals surface area contributed by atoms with E-state index < -0.39 is 22.6 Å². The van der Waals surface area contributed by atoms with Crippen molar-refractivity contribution < 1.29 is 13.2 Å². The second-order valence-corrected chi connectivity index (χ2v) is 17.7. The molecule has 0 aromatic heterocycles. The predicted molar refractivity (Wildman–Crippen MR) is 95.6 cm³/mol. The van der Waals surface area contributed by atoms with Gasteiger partial charge in [0.15, 0.2) is 0 Å². The van der Waals surface area contributed by atoms with E-state index in [-0.39, 0.29) is 0 Å². The third-order valence-electron chi connectivity index (χ3n) is 3.09. The van der Waals surface area contributed by atoms with E-state index in [1.165, 1.54) is 0 Å². The molecule has 3 nitrogen and oxygen atoms in total. The Balaban J connectivity index is 4.49. The quantitative estimate of drug-likeness (QED) is 0.510. The van der Waals surface area contributed by atoms with Gasteiger partial charge in [0, 0.05) is 0 Å². The molecule has 0 fully saturated rings. The van der Waals surface area contributed by atoms with Gasteiger partial charge in [-0.3, -0.25) is 0 Å². The molecule has 0 saturated carbocycles. The molecular weight excluding hydrogens is 297 g/mol. The summed E-state index contributed by atoms with van der Waals surface area (Å²) in [5, 5.41) is 0. The van der Waals surface area contributed by atoms with Crippen LogP contribution in [-0.4, -0.2) is 45.6 Å². The van der Waals surface area contributed by atoms with Crippen molar-refractivity contribution in [2.24, 2.45) is 0 Å². The van der Waals surface area contributed by atoms with E-state index in [0.717, 1.165) is 38.0 Å². The Hall–Kier alpha value is 1.01. The monoisotopic (exact) mass is 332 g/mol. The zero-order chi connectivity index (χ0) is 15.2. The van der Waals surface area contributed by atoms with Crippen LogP contribution in [0, 0.1) is 0 Å². The topological polar surface area (TPSA) is 35.5 Å². The summed E-state index contributed by atoms with van der Waals surface area (Å²) < 4.78 is 24.5. The molecule has 0 aliphatic carbocycles. The van der Waals surface area contributed by atoms with Crippen LogP contribution in [0.5, 0.6) is 0 Å². The van der Waals surface area contributed by atoms with E-state index in [4.69, 9.17) is 8.62 Å². The molecule has 0 atom stereocenters. The molecule has 0 amide bonds. The molecule has 0 aliphatic heterocycles. The molecule has 6 heteroatoms. The number of rotatable bonds is 10. The Morgan fingerprint density at radius 2 is 1.16 bits per heavy atom. The van der Waals surface area contributed by atoms with E-state index in [1.807, 2.05) is 0 Å². The average Bonchev–Trinajstić information content (AvgIpc) is 2.20. The van der Waals surface area contributed by atoms with Gasteiger partial charge in [-0.1, -0.05) is 0 Å². The van der Waals surface area contributed by atoms with Gasteiger partial charge in [0.2, 0.25) is 0 Å². The zero-order valence-electron chi connectivity index (χ0n) is 13.9. The first-order chi connectivity index (χ1) is 8.54. The summed E-state index contributed by atoms with van der Waals surface area (Å²) in [5.41, 5.74) is 0. The van der Waals surface area contributed by atoms with Gasteiger partial charge in [-0.25, -0.2) is 0 Å². The first-order valence-corrected chi connectivity index (χ1v) is 15.7. The summed E-state index contributed by atoms with van der Waals surface area (Å²) in [5.74, 6) is 0. The first kappa shape index (κ1) is 20.0. The summed E-state index contributed by atoms with van der Waals surface area (Å²) in [6, 6.07) is 0. The summed E-state index contributed by atoms with van der Waals surface area (Å²) in [7, 11) is -6.61. The van der Waals surface area contributed by atoms with E-state index in [9.17, 15) is 4.57 Å². The second kappa shape index (κ2) is 8.45. The Labute approximate surface area is 121 Å². The molecule has 19 heavy (non-hydrogen) atoms. The average molecular weight is 332 g/mol. The maximum atomic E-state index is 12.6. The summed E-state index contributed by atoms with van der Waals surface area (Å²) in [4.78, 5) is 0. The minimum absolute atomic E-state index is 1.06. The van der Waals surface area contributed by atoms with Crippen molar-refractivity contribution in [3.63, 3.8) is 0 Å². The fourth-order valence-corrected chi connectivity index (χ4v) is 13.0. The van der Waals surface area contributed by atoms with Crippen LogP contribution in [0.4, 0.5) is 0 Å². The van der Waals surface area contributed by atoms with Crippen LogP contribution < -0.4 is 0 Å². The standard InChI is InChI=1S/C13H35O3P3/c1-8-10-12-17(3,4)15-19(7,14)16-18(5,6)13-11-9-2/h17-18H,8-13H2,1-7H3. The van der Waals surface area contributed by atoms with Crippen LogP contribution in [0.2, 0.25) is 0 Å². The van der Waals surface area contributed by atoms with Crippen LogP contribution >= 0.6 is 22.6 Å². The predicted octanol–water partition coefficient (Wildman–Crippen LogP) is 5.29. The first-order valence-electron chi connectivity index (χ1n) is 7.52. The van der Waals surface area contributed by atoms with Crippen molar-refractivity contribution >= 4 is 22.6 Å². The minimum atomic E-state index is -2.89. The molecule has 0 aromatic carbocycles. The van der Waals surface area contributed by atoms with Crippen LogP contribution in [0.15, 0.2) is 0 Å². The molecule has 0 spiro atoms. The zero-order valence-corrected chi connectivity index (χ0v) is 16.8. The van der Waals surface area contributed by atoms with Crippen molar-refractivity contribution in [3.8, 4) is 0 Å². The second-order valence-electron chi connectivity index (χ2n) is 6.68. The molecular formula is C13H35O3P3. The van der Waals surface area contributed by atoms with Gasteiger partial charge >= 0.3 is 121 Å². The molecule has 0 bridgehead atoms. The Bertz CT molecular complexity index is 278. The summed E-state index contributed by atoms with van der Waals surface area (Å²) in [6.07, 6.45) is 6.73. The van der Waals surface area contributed by atoms with E-state index in [0.29, 0.717) is 0 Å². The molecule has 0 aliphatic rings. The third kappa shape index (κ3) is 10.4. The van der Waals surface area contributed by atoms with E-state index in [1.54, 1.807) is 6.66 Å². The van der Waals surface area contributed by atoms with Gasteiger partial charge in [-0.15, -0.1) is 0 Å². The molecule has 0 rings (SSSR count). The molecule has 0 heterocycles. The van der Waals surface area contributed by atoms with Gasteiger partial charge in [0.1, 0.15) is 0 Å². The third-order valence-corrected chi connectivity index (χ3v) is 12.8. The SMILES string of the molecule is CCCC[PH](C)(C)OP(C)(=O)O[PH](C)(C)CCCC. The van der Waals surface area contributed by atoms with Crippen LogP contribution in [0.3, 0.4) is 0 Å². The van der Waals surface area contributed by atoms with E-state index in [2.05, 4.69) is 40.5 Å². The van der Waals surface area contributed by atoms with Gasteiger partial charge in [-0.05, 0) is 0 Å². The molecule has 0 aromatic rings. The number of unbranched alkanes of at least 4 members (excludes halogenated alkanes) is 2.